The van der Waals surface area contributed by atoms with Crippen LogP contribution in [0.2, 0.25) is 0 Å². The van der Waals surface area contributed by atoms with Crippen molar-refractivity contribution in [2.24, 2.45) is 0 Å². The summed E-state index contributed by atoms with van der Waals surface area (Å²) in [5, 5.41) is 18.1. The molecule has 2 aromatic carbocycles. The van der Waals surface area contributed by atoms with Gasteiger partial charge in [-0.3, -0.25) is 4.57 Å². The van der Waals surface area contributed by atoms with E-state index >= 15 is 0 Å². The molecule has 4 aromatic rings. The average molecular weight is 376 g/mol. The van der Waals surface area contributed by atoms with Crippen molar-refractivity contribution in [2.45, 2.75) is 10.9 Å². The minimum Gasteiger partial charge on any atom is -0.461 e. The minimum atomic E-state index is -0.307. The van der Waals surface area contributed by atoms with Gasteiger partial charge in [-0.05, 0) is 54.1 Å². The molecule has 0 aliphatic heterocycles. The highest BCUT2D eigenvalue weighted by atomic mass is 32.2. The molecular formula is C20H13FN4OS. The van der Waals surface area contributed by atoms with E-state index in [4.69, 9.17) is 9.68 Å². The van der Waals surface area contributed by atoms with E-state index in [-0.39, 0.29) is 5.82 Å². The SMILES string of the molecule is N#Cc1ccc(CSc2nnc(-c3ccco3)n2-c2ccc(F)cc2)cc1. The van der Waals surface area contributed by atoms with Gasteiger partial charge < -0.3 is 4.42 Å². The molecular weight excluding hydrogens is 363 g/mol. The monoisotopic (exact) mass is 376 g/mol. The molecule has 2 aromatic heterocycles. The number of rotatable bonds is 5. The highest BCUT2D eigenvalue weighted by Crippen LogP contribution is 2.30. The van der Waals surface area contributed by atoms with E-state index < -0.39 is 0 Å². The molecule has 0 N–H and O–H groups in total. The van der Waals surface area contributed by atoms with Crippen LogP contribution in [0.1, 0.15) is 11.1 Å². The zero-order valence-electron chi connectivity index (χ0n) is 14.0. The number of thioether (sulfide) groups is 1. The third-order valence-electron chi connectivity index (χ3n) is 3.91. The maximum atomic E-state index is 13.3. The smallest absolute Gasteiger partial charge is 0.205 e. The number of furan rings is 1. The summed E-state index contributed by atoms with van der Waals surface area (Å²) in [6.45, 7) is 0. The van der Waals surface area contributed by atoms with Crippen molar-refractivity contribution in [3.05, 3.63) is 83.9 Å². The number of benzene rings is 2. The molecule has 0 fully saturated rings. The Bertz CT molecular complexity index is 1080. The Morgan fingerprint density at radius 2 is 1.81 bits per heavy atom. The highest BCUT2D eigenvalue weighted by molar-refractivity contribution is 7.98. The predicted molar refractivity (Wildman–Crippen MR) is 99.7 cm³/mol. The van der Waals surface area contributed by atoms with Gasteiger partial charge in [-0.25, -0.2) is 4.39 Å². The number of nitrogens with zero attached hydrogens (tertiary/aromatic N) is 4. The van der Waals surface area contributed by atoms with Crippen LogP contribution in [0.5, 0.6) is 0 Å². The van der Waals surface area contributed by atoms with Crippen molar-refractivity contribution in [2.75, 3.05) is 0 Å². The molecule has 2 heterocycles. The van der Waals surface area contributed by atoms with Gasteiger partial charge in [-0.15, -0.1) is 10.2 Å². The number of aromatic nitrogens is 3. The fourth-order valence-corrected chi connectivity index (χ4v) is 3.48. The van der Waals surface area contributed by atoms with Gasteiger partial charge in [-0.2, -0.15) is 5.26 Å². The van der Waals surface area contributed by atoms with Crippen LogP contribution in [0.15, 0.2) is 76.5 Å². The van der Waals surface area contributed by atoms with Crippen LogP contribution in [-0.2, 0) is 5.75 Å². The summed E-state index contributed by atoms with van der Waals surface area (Å²) in [6, 6.07) is 19.2. The maximum absolute atomic E-state index is 13.3. The zero-order valence-corrected chi connectivity index (χ0v) is 14.9. The first-order valence-electron chi connectivity index (χ1n) is 8.11. The van der Waals surface area contributed by atoms with Gasteiger partial charge in [0.1, 0.15) is 5.82 Å². The molecule has 0 spiro atoms. The number of hydrogen-bond donors (Lipinski definition) is 0. The summed E-state index contributed by atoms with van der Waals surface area (Å²) in [6.07, 6.45) is 1.57. The topological polar surface area (TPSA) is 67.6 Å². The number of halogens is 1. The molecule has 5 nitrogen and oxygen atoms in total. The quantitative estimate of drug-likeness (QED) is 0.467. The Balaban J connectivity index is 1.67. The number of nitriles is 1. The van der Waals surface area contributed by atoms with Crippen LogP contribution in [0, 0.1) is 17.1 Å². The van der Waals surface area contributed by atoms with Crippen LogP contribution in [0.25, 0.3) is 17.3 Å². The third-order valence-corrected chi connectivity index (χ3v) is 4.91. The van der Waals surface area contributed by atoms with Gasteiger partial charge in [0, 0.05) is 5.75 Å². The highest BCUT2D eigenvalue weighted by Gasteiger charge is 2.18. The zero-order chi connectivity index (χ0) is 18.6. The Hall–Kier alpha value is -3.37. The standard InChI is InChI=1S/C20H13FN4OS/c21-16-7-9-17(10-8-16)25-19(18-2-1-11-26-18)23-24-20(25)27-13-15-5-3-14(12-22)4-6-15/h1-11H,13H2. The summed E-state index contributed by atoms with van der Waals surface area (Å²) in [7, 11) is 0. The van der Waals surface area contributed by atoms with Gasteiger partial charge in [0.2, 0.25) is 5.82 Å². The van der Waals surface area contributed by atoms with Gasteiger partial charge in [-0.1, -0.05) is 23.9 Å². The molecule has 7 heteroatoms. The summed E-state index contributed by atoms with van der Waals surface area (Å²) >= 11 is 1.50. The lowest BCUT2D eigenvalue weighted by molar-refractivity contribution is 0.575. The Labute approximate surface area is 159 Å². The van der Waals surface area contributed by atoms with Gasteiger partial charge in [0.05, 0.1) is 23.6 Å². The largest absolute Gasteiger partial charge is 0.461 e. The second kappa shape index (κ2) is 7.48. The average Bonchev–Trinajstić information content (AvgIpc) is 3.37. The van der Waals surface area contributed by atoms with Gasteiger partial charge in [0.15, 0.2) is 10.9 Å². The predicted octanol–water partition coefficient (Wildman–Crippen LogP) is 4.83. The molecule has 0 saturated carbocycles. The first-order chi connectivity index (χ1) is 13.2. The maximum Gasteiger partial charge on any atom is 0.205 e. The first kappa shape index (κ1) is 17.1. The normalized spacial score (nSPS) is 10.7. The Morgan fingerprint density at radius 1 is 1.04 bits per heavy atom. The van der Waals surface area contributed by atoms with Crippen molar-refractivity contribution in [1.29, 1.82) is 5.26 Å². The third kappa shape index (κ3) is 3.61. The molecule has 0 saturated heterocycles. The number of hydrogen-bond acceptors (Lipinski definition) is 5. The van der Waals surface area contributed by atoms with E-state index in [0.29, 0.717) is 28.1 Å². The van der Waals surface area contributed by atoms with E-state index in [1.54, 1.807) is 42.7 Å². The van der Waals surface area contributed by atoms with Crippen molar-refractivity contribution in [1.82, 2.24) is 14.8 Å². The molecule has 132 valence electrons. The summed E-state index contributed by atoms with van der Waals surface area (Å²) in [5.74, 6) is 1.48. The molecule has 0 unspecified atom stereocenters. The molecule has 0 aliphatic rings. The molecule has 27 heavy (non-hydrogen) atoms. The van der Waals surface area contributed by atoms with Crippen molar-refractivity contribution >= 4 is 11.8 Å². The lowest BCUT2D eigenvalue weighted by atomic mass is 10.2. The van der Waals surface area contributed by atoms with Crippen LogP contribution < -0.4 is 0 Å². The van der Waals surface area contributed by atoms with Gasteiger partial charge >= 0.3 is 0 Å². The van der Waals surface area contributed by atoms with Crippen LogP contribution in [0.4, 0.5) is 4.39 Å². The van der Waals surface area contributed by atoms with Crippen molar-refractivity contribution in [3.63, 3.8) is 0 Å². The molecule has 0 amide bonds. The van der Waals surface area contributed by atoms with Crippen LogP contribution in [0.3, 0.4) is 0 Å². The van der Waals surface area contributed by atoms with E-state index in [9.17, 15) is 4.39 Å². The summed E-state index contributed by atoms with van der Waals surface area (Å²) in [5.41, 5.74) is 2.43. The van der Waals surface area contributed by atoms with E-state index in [0.717, 1.165) is 11.3 Å². The summed E-state index contributed by atoms with van der Waals surface area (Å²) < 4.78 is 20.7. The lowest BCUT2D eigenvalue weighted by Gasteiger charge is -2.09. The van der Waals surface area contributed by atoms with E-state index in [1.165, 1.54) is 23.9 Å². The molecule has 0 atom stereocenters. The van der Waals surface area contributed by atoms with E-state index in [2.05, 4.69) is 16.3 Å². The second-order valence-corrected chi connectivity index (χ2v) is 6.64. The van der Waals surface area contributed by atoms with Crippen molar-refractivity contribution < 1.29 is 8.81 Å². The second-order valence-electron chi connectivity index (χ2n) is 5.69. The minimum absolute atomic E-state index is 0.307. The van der Waals surface area contributed by atoms with E-state index in [1.807, 2.05) is 16.7 Å². The molecule has 0 radical (unpaired) electrons. The van der Waals surface area contributed by atoms with Crippen LogP contribution in [-0.4, -0.2) is 14.8 Å². The lowest BCUT2D eigenvalue weighted by Crippen LogP contribution is -1.99. The fourth-order valence-electron chi connectivity index (χ4n) is 2.58. The van der Waals surface area contributed by atoms with Crippen molar-refractivity contribution in [3.8, 4) is 23.3 Å². The van der Waals surface area contributed by atoms with Gasteiger partial charge in [0.25, 0.3) is 0 Å². The van der Waals surface area contributed by atoms with Crippen LogP contribution >= 0.6 is 11.8 Å². The Kier molecular flexibility index (Phi) is 4.73. The molecule has 0 aliphatic carbocycles. The Morgan fingerprint density at radius 3 is 2.48 bits per heavy atom. The first-order valence-corrected chi connectivity index (χ1v) is 9.10. The fraction of sp³-hybridized carbons (Fsp3) is 0.0500. The molecule has 0 bridgehead atoms. The molecule has 4 rings (SSSR count). The summed E-state index contributed by atoms with van der Waals surface area (Å²) in [4.78, 5) is 0.